The molecule has 1 fully saturated rings. The smallest absolute Gasteiger partial charge is 0.272 e. The van der Waals surface area contributed by atoms with Crippen molar-refractivity contribution in [1.82, 2.24) is 0 Å². The molecule has 1 unspecified atom stereocenters. The van der Waals surface area contributed by atoms with E-state index in [9.17, 15) is 14.9 Å². The molecule has 0 bridgehead atoms. The number of hydrogen-bond donors (Lipinski definition) is 0. The lowest BCUT2D eigenvalue weighted by atomic mass is 10.1. The van der Waals surface area contributed by atoms with Gasteiger partial charge in [0, 0.05) is 28.9 Å². The predicted molar refractivity (Wildman–Crippen MR) is 99.8 cm³/mol. The Morgan fingerprint density at radius 2 is 1.88 bits per heavy atom. The molecule has 1 amide bonds. The van der Waals surface area contributed by atoms with Crippen LogP contribution in [0.2, 0.25) is 0 Å². The van der Waals surface area contributed by atoms with E-state index in [2.05, 4.69) is 6.92 Å². The van der Waals surface area contributed by atoms with Gasteiger partial charge >= 0.3 is 0 Å². The molecular formula is C20H22N2O4. The molecule has 0 spiro atoms. The normalized spacial score (nSPS) is 14.6. The van der Waals surface area contributed by atoms with Gasteiger partial charge in [-0.25, -0.2) is 0 Å². The van der Waals surface area contributed by atoms with E-state index >= 15 is 0 Å². The van der Waals surface area contributed by atoms with Crippen molar-refractivity contribution in [2.24, 2.45) is 5.92 Å². The maximum Gasteiger partial charge on any atom is 0.272 e. The second-order valence-corrected chi connectivity index (χ2v) is 6.71. The van der Waals surface area contributed by atoms with Gasteiger partial charge in [-0.2, -0.15) is 0 Å². The van der Waals surface area contributed by atoms with E-state index in [0.29, 0.717) is 17.0 Å². The number of nitro benzene ring substituents is 1. The van der Waals surface area contributed by atoms with Gasteiger partial charge in [0.05, 0.1) is 12.0 Å². The van der Waals surface area contributed by atoms with Crippen molar-refractivity contribution in [3.05, 3.63) is 63.7 Å². The molecule has 0 N–H and O–H groups in total. The van der Waals surface area contributed by atoms with E-state index in [1.165, 1.54) is 12.1 Å². The van der Waals surface area contributed by atoms with Crippen LogP contribution >= 0.6 is 0 Å². The van der Waals surface area contributed by atoms with Gasteiger partial charge in [0.2, 0.25) is 0 Å². The number of carbonyl (C=O) groups is 1. The molecule has 2 aromatic carbocycles. The highest BCUT2D eigenvalue weighted by molar-refractivity contribution is 6.06. The highest BCUT2D eigenvalue weighted by Gasteiger charge is 2.35. The molecule has 6 nitrogen and oxygen atoms in total. The Balaban J connectivity index is 1.96. The van der Waals surface area contributed by atoms with Gasteiger partial charge in [0.1, 0.15) is 5.75 Å². The maximum absolute atomic E-state index is 13.2. The van der Waals surface area contributed by atoms with Gasteiger partial charge in [-0.15, -0.1) is 0 Å². The van der Waals surface area contributed by atoms with Gasteiger partial charge in [-0.05, 0) is 69.0 Å². The number of methoxy groups -OCH3 is 1. The molecule has 136 valence electrons. The van der Waals surface area contributed by atoms with Gasteiger partial charge in [0.25, 0.3) is 11.6 Å². The van der Waals surface area contributed by atoms with Crippen molar-refractivity contribution in [3.63, 3.8) is 0 Å². The molecule has 26 heavy (non-hydrogen) atoms. The average Bonchev–Trinajstić information content (AvgIpc) is 3.47. The molecule has 0 aliphatic heterocycles. The van der Waals surface area contributed by atoms with Crippen LogP contribution in [-0.4, -0.2) is 24.0 Å². The zero-order chi connectivity index (χ0) is 18.8. The minimum atomic E-state index is -0.433. The molecule has 0 heterocycles. The fourth-order valence-electron chi connectivity index (χ4n) is 3.20. The third kappa shape index (κ3) is 3.54. The lowest BCUT2D eigenvalue weighted by molar-refractivity contribution is -0.385. The van der Waals surface area contributed by atoms with E-state index in [1.807, 2.05) is 24.3 Å². The highest BCUT2D eigenvalue weighted by Crippen LogP contribution is 2.38. The Morgan fingerprint density at radius 1 is 1.23 bits per heavy atom. The summed E-state index contributed by atoms with van der Waals surface area (Å²) in [7, 11) is 1.60. The van der Waals surface area contributed by atoms with Gasteiger partial charge in [0.15, 0.2) is 0 Å². The quantitative estimate of drug-likeness (QED) is 0.571. The molecule has 6 heteroatoms. The highest BCUT2D eigenvalue weighted by atomic mass is 16.6. The van der Waals surface area contributed by atoms with E-state index in [-0.39, 0.29) is 17.6 Å². The van der Waals surface area contributed by atoms with Crippen molar-refractivity contribution in [3.8, 4) is 5.75 Å². The number of aryl methyl sites for hydroxylation is 1. The lowest BCUT2D eigenvalue weighted by Gasteiger charge is -2.30. The summed E-state index contributed by atoms with van der Waals surface area (Å²) in [5.74, 6) is 1.07. The van der Waals surface area contributed by atoms with Gasteiger partial charge < -0.3 is 9.64 Å². The van der Waals surface area contributed by atoms with Crippen LogP contribution in [0.15, 0.2) is 42.5 Å². The summed E-state index contributed by atoms with van der Waals surface area (Å²) in [5, 5.41) is 11.0. The van der Waals surface area contributed by atoms with E-state index in [1.54, 1.807) is 25.0 Å². The number of hydrogen-bond acceptors (Lipinski definition) is 4. The number of nitrogens with zero attached hydrogens (tertiary/aromatic N) is 2. The summed E-state index contributed by atoms with van der Waals surface area (Å²) in [5.41, 5.74) is 1.75. The summed E-state index contributed by atoms with van der Waals surface area (Å²) in [6.07, 6.45) is 2.22. The average molecular weight is 354 g/mol. The second-order valence-electron chi connectivity index (χ2n) is 6.71. The van der Waals surface area contributed by atoms with Crippen molar-refractivity contribution in [2.75, 3.05) is 12.0 Å². The number of ether oxygens (including phenoxy) is 1. The zero-order valence-electron chi connectivity index (χ0n) is 15.1. The van der Waals surface area contributed by atoms with E-state index < -0.39 is 4.92 Å². The number of anilines is 1. The second kappa shape index (κ2) is 7.15. The molecule has 3 rings (SSSR count). The summed E-state index contributed by atoms with van der Waals surface area (Å²) >= 11 is 0. The largest absolute Gasteiger partial charge is 0.497 e. The maximum atomic E-state index is 13.2. The minimum absolute atomic E-state index is 0.0211. The number of carbonyl (C=O) groups excluding carboxylic acids is 1. The Hall–Kier alpha value is -2.89. The van der Waals surface area contributed by atoms with E-state index in [4.69, 9.17) is 4.74 Å². The third-order valence-electron chi connectivity index (χ3n) is 4.92. The first-order valence-electron chi connectivity index (χ1n) is 8.65. The van der Waals surface area contributed by atoms with Crippen LogP contribution in [0.1, 0.15) is 35.7 Å². The van der Waals surface area contributed by atoms with Crippen LogP contribution in [0.5, 0.6) is 5.75 Å². The Bertz CT molecular complexity index is 828. The van der Waals surface area contributed by atoms with Gasteiger partial charge in [-0.3, -0.25) is 14.9 Å². The van der Waals surface area contributed by atoms with Crippen molar-refractivity contribution >= 4 is 17.3 Å². The minimum Gasteiger partial charge on any atom is -0.497 e. The molecule has 1 atom stereocenters. The number of benzene rings is 2. The monoisotopic (exact) mass is 354 g/mol. The first kappa shape index (κ1) is 17.9. The van der Waals surface area contributed by atoms with Crippen LogP contribution in [0.3, 0.4) is 0 Å². The number of rotatable bonds is 6. The van der Waals surface area contributed by atoms with Crippen LogP contribution in [0, 0.1) is 23.0 Å². The molecule has 1 saturated carbocycles. The van der Waals surface area contributed by atoms with Crippen molar-refractivity contribution in [2.45, 2.75) is 32.7 Å². The molecule has 2 aromatic rings. The van der Waals surface area contributed by atoms with Gasteiger partial charge in [-0.1, -0.05) is 0 Å². The first-order chi connectivity index (χ1) is 12.4. The Kier molecular flexibility index (Phi) is 4.93. The Labute approximate surface area is 152 Å². The number of amides is 1. The standard InChI is InChI=1S/C20H22N2O4/c1-13-12-16(6-11-19(13)22(24)25)20(23)21(14(2)15-4-5-15)17-7-9-18(26-3)10-8-17/h6-12,14-15H,4-5H2,1-3H3. The molecular weight excluding hydrogens is 332 g/mol. The van der Waals surface area contributed by atoms with Crippen LogP contribution in [0.25, 0.3) is 0 Å². The van der Waals surface area contributed by atoms with Crippen LogP contribution in [0.4, 0.5) is 11.4 Å². The van der Waals surface area contributed by atoms with Crippen LogP contribution in [-0.2, 0) is 0 Å². The topological polar surface area (TPSA) is 72.7 Å². The van der Waals surface area contributed by atoms with E-state index in [0.717, 1.165) is 24.3 Å². The van der Waals surface area contributed by atoms with Crippen LogP contribution < -0.4 is 9.64 Å². The zero-order valence-corrected chi connectivity index (χ0v) is 15.1. The summed E-state index contributed by atoms with van der Waals surface area (Å²) in [6.45, 7) is 3.70. The molecule has 0 radical (unpaired) electrons. The third-order valence-corrected chi connectivity index (χ3v) is 4.92. The predicted octanol–water partition coefficient (Wildman–Crippen LogP) is 4.36. The molecule has 1 aliphatic carbocycles. The Morgan fingerprint density at radius 3 is 2.38 bits per heavy atom. The molecule has 0 aromatic heterocycles. The van der Waals surface area contributed by atoms with Crippen molar-refractivity contribution in [1.29, 1.82) is 0 Å². The SMILES string of the molecule is COc1ccc(N(C(=O)c2ccc([N+](=O)[O-])c(C)c2)C(C)C2CC2)cc1. The summed E-state index contributed by atoms with van der Waals surface area (Å²) in [4.78, 5) is 25.6. The molecule has 1 aliphatic rings. The molecule has 0 saturated heterocycles. The fraction of sp³-hybridized carbons (Fsp3) is 0.350. The van der Waals surface area contributed by atoms with Crippen molar-refractivity contribution < 1.29 is 14.5 Å². The lowest BCUT2D eigenvalue weighted by Crippen LogP contribution is -2.40. The number of nitro groups is 1. The first-order valence-corrected chi connectivity index (χ1v) is 8.65. The fourth-order valence-corrected chi connectivity index (χ4v) is 3.20. The summed E-state index contributed by atoms with van der Waals surface area (Å²) in [6, 6.07) is 12.0. The summed E-state index contributed by atoms with van der Waals surface area (Å²) < 4.78 is 5.20.